The highest BCUT2D eigenvalue weighted by atomic mass is 19.4. The third kappa shape index (κ3) is 5.60. The Bertz CT molecular complexity index is 552. The van der Waals surface area contributed by atoms with Gasteiger partial charge in [0.2, 0.25) is 11.6 Å². The number of nitrogens with zero attached hydrogens (tertiary/aromatic N) is 3. The molecule has 0 unspecified atom stereocenters. The molecule has 21 heavy (non-hydrogen) atoms. The molecule has 0 aliphatic carbocycles. The minimum absolute atomic E-state index is 0.628. The first-order valence-electron chi connectivity index (χ1n) is 5.76. The van der Waals surface area contributed by atoms with E-state index in [1.165, 1.54) is 0 Å². The molecule has 8 nitrogen and oxygen atoms in total. The van der Waals surface area contributed by atoms with E-state index in [1.54, 1.807) is 6.20 Å². The second-order valence-corrected chi connectivity index (χ2v) is 3.73. The second kappa shape index (κ2) is 7.38. The molecule has 11 heteroatoms. The molecule has 0 radical (unpaired) electrons. The number of carboxylic acid groups (broad SMARTS) is 1. The molecule has 5 N–H and O–H groups in total. The van der Waals surface area contributed by atoms with Crippen molar-refractivity contribution in [2.45, 2.75) is 12.6 Å². The average molecular weight is 306 g/mol. The Morgan fingerprint density at radius 3 is 2.67 bits per heavy atom. The van der Waals surface area contributed by atoms with Crippen molar-refractivity contribution in [3.8, 4) is 0 Å². The maximum Gasteiger partial charge on any atom is 0.490 e. The predicted octanol–water partition coefficient (Wildman–Crippen LogP) is 0.747. The van der Waals surface area contributed by atoms with E-state index >= 15 is 0 Å². The molecule has 116 valence electrons. The van der Waals surface area contributed by atoms with Gasteiger partial charge in [-0.2, -0.15) is 23.3 Å². The number of aromatic nitrogens is 4. The van der Waals surface area contributed by atoms with E-state index in [0.29, 0.717) is 18.1 Å². The van der Waals surface area contributed by atoms with Crippen molar-refractivity contribution in [1.82, 2.24) is 20.2 Å². The normalized spacial score (nSPS) is 10.9. The van der Waals surface area contributed by atoms with E-state index in [0.717, 1.165) is 18.5 Å². The van der Waals surface area contributed by atoms with Crippen LogP contribution in [-0.2, 0) is 4.79 Å². The van der Waals surface area contributed by atoms with Gasteiger partial charge in [0.1, 0.15) is 0 Å². The van der Waals surface area contributed by atoms with E-state index in [9.17, 15) is 13.2 Å². The van der Waals surface area contributed by atoms with Gasteiger partial charge in [0, 0.05) is 6.54 Å². The van der Waals surface area contributed by atoms with Crippen molar-refractivity contribution in [1.29, 1.82) is 0 Å². The van der Waals surface area contributed by atoms with Crippen LogP contribution >= 0.6 is 0 Å². The third-order valence-corrected chi connectivity index (χ3v) is 2.09. The molecule has 0 atom stereocenters. The van der Waals surface area contributed by atoms with Crippen molar-refractivity contribution in [2.75, 3.05) is 18.4 Å². The van der Waals surface area contributed by atoms with Gasteiger partial charge in [-0.25, -0.2) is 4.79 Å². The molecule has 0 amide bonds. The highest BCUT2D eigenvalue weighted by Crippen LogP contribution is 2.13. The third-order valence-electron chi connectivity index (χ3n) is 2.09. The van der Waals surface area contributed by atoms with Crippen LogP contribution in [0.5, 0.6) is 0 Å². The lowest BCUT2D eigenvalue weighted by atomic mass is 10.4. The van der Waals surface area contributed by atoms with Gasteiger partial charge in [-0.15, -0.1) is 5.10 Å². The summed E-state index contributed by atoms with van der Waals surface area (Å²) in [6, 6.07) is 1.84. The summed E-state index contributed by atoms with van der Waals surface area (Å²) in [5.41, 5.74) is 6.89. The fourth-order valence-corrected chi connectivity index (χ4v) is 1.16. The van der Waals surface area contributed by atoms with E-state index in [4.69, 9.17) is 15.6 Å². The van der Waals surface area contributed by atoms with Crippen LogP contribution in [0.4, 0.5) is 19.1 Å². The van der Waals surface area contributed by atoms with Crippen LogP contribution in [0.1, 0.15) is 6.42 Å². The van der Waals surface area contributed by atoms with Crippen LogP contribution in [0, 0.1) is 0 Å². The molecule has 2 rings (SSSR count). The van der Waals surface area contributed by atoms with Crippen molar-refractivity contribution in [3.63, 3.8) is 0 Å². The molecule has 2 aromatic rings. The van der Waals surface area contributed by atoms with Crippen LogP contribution in [0.25, 0.3) is 11.2 Å². The van der Waals surface area contributed by atoms with E-state index in [1.807, 2.05) is 6.07 Å². The van der Waals surface area contributed by atoms with Gasteiger partial charge >= 0.3 is 12.1 Å². The van der Waals surface area contributed by atoms with Gasteiger partial charge in [-0.1, -0.05) is 0 Å². The minimum atomic E-state index is -5.08. The number of carbonyl (C=O) groups is 1. The number of nitrogens with one attached hydrogen (secondary N) is 2. The zero-order chi connectivity index (χ0) is 15.9. The smallest absolute Gasteiger partial charge is 0.475 e. The summed E-state index contributed by atoms with van der Waals surface area (Å²) in [7, 11) is 0. The van der Waals surface area contributed by atoms with Gasteiger partial charge in [0.05, 0.1) is 11.7 Å². The first-order chi connectivity index (χ1) is 9.84. The molecular formula is C10H13F3N6O2. The lowest BCUT2D eigenvalue weighted by Gasteiger charge is -1.98. The number of hydrogen-bond donors (Lipinski definition) is 4. The Balaban J connectivity index is 0.000000270. The Kier molecular flexibility index (Phi) is 5.84. The van der Waals surface area contributed by atoms with Crippen LogP contribution in [0.3, 0.4) is 0 Å². The van der Waals surface area contributed by atoms with Crippen molar-refractivity contribution < 1.29 is 23.1 Å². The maximum atomic E-state index is 10.6. The quantitative estimate of drug-likeness (QED) is 0.613. The Morgan fingerprint density at radius 2 is 2.14 bits per heavy atom. The summed E-state index contributed by atoms with van der Waals surface area (Å²) >= 11 is 0. The molecule has 0 saturated carbocycles. The van der Waals surface area contributed by atoms with Gasteiger partial charge in [0.25, 0.3) is 0 Å². The van der Waals surface area contributed by atoms with E-state index < -0.39 is 12.1 Å². The Labute approximate surface area is 116 Å². The molecule has 2 heterocycles. The standard InChI is InChI=1S/C8H12N6.C2HF3O2/c9-3-1-4-10-8-12-6-2-5-11-14-7(6)13-8;3-2(4,5)1(6)7/h2,5H,1,3-4,9H2,(H2,10,12,13,14);(H,6,7). The Morgan fingerprint density at radius 1 is 1.48 bits per heavy atom. The molecule has 0 aliphatic heterocycles. The number of imidazole rings is 1. The minimum Gasteiger partial charge on any atom is -0.475 e. The van der Waals surface area contributed by atoms with E-state index in [-0.39, 0.29) is 0 Å². The number of aromatic amines is 1. The number of nitrogens with two attached hydrogens (primary N) is 1. The van der Waals surface area contributed by atoms with Crippen LogP contribution in [0.15, 0.2) is 12.3 Å². The highest BCUT2D eigenvalue weighted by molar-refractivity contribution is 5.73. The monoisotopic (exact) mass is 306 g/mol. The number of fused-ring (bicyclic) bond motifs is 1. The number of anilines is 1. The molecule has 0 fully saturated rings. The van der Waals surface area contributed by atoms with Gasteiger partial charge < -0.3 is 21.1 Å². The van der Waals surface area contributed by atoms with Gasteiger partial charge in [-0.3, -0.25) is 0 Å². The summed E-state index contributed by atoms with van der Waals surface area (Å²) in [6.45, 7) is 1.48. The van der Waals surface area contributed by atoms with Crippen LogP contribution in [0.2, 0.25) is 0 Å². The maximum absolute atomic E-state index is 10.6. The number of H-pyrrole nitrogens is 1. The van der Waals surface area contributed by atoms with Gasteiger partial charge in [0.15, 0.2) is 0 Å². The van der Waals surface area contributed by atoms with Gasteiger partial charge in [-0.05, 0) is 19.0 Å². The molecule has 0 spiro atoms. The summed E-state index contributed by atoms with van der Waals surface area (Å²) in [5, 5.41) is 17.9. The average Bonchev–Trinajstić information content (AvgIpc) is 2.81. The zero-order valence-corrected chi connectivity index (χ0v) is 10.7. The molecule has 0 bridgehead atoms. The fraction of sp³-hybridized carbons (Fsp3) is 0.400. The molecule has 0 aliphatic rings. The first kappa shape index (κ1) is 16.6. The second-order valence-electron chi connectivity index (χ2n) is 3.73. The molecule has 2 aromatic heterocycles. The number of alkyl halides is 3. The number of rotatable bonds is 4. The lowest BCUT2D eigenvalue weighted by Crippen LogP contribution is -2.21. The van der Waals surface area contributed by atoms with Crippen molar-refractivity contribution in [2.24, 2.45) is 5.73 Å². The fourth-order valence-electron chi connectivity index (χ4n) is 1.16. The summed E-state index contributed by atoms with van der Waals surface area (Å²) < 4.78 is 31.7. The largest absolute Gasteiger partial charge is 0.490 e. The summed E-state index contributed by atoms with van der Waals surface area (Å²) in [5.74, 6) is -2.04. The van der Waals surface area contributed by atoms with E-state index in [2.05, 4.69) is 25.5 Å². The van der Waals surface area contributed by atoms with Crippen molar-refractivity contribution >= 4 is 23.1 Å². The number of hydrogen-bond acceptors (Lipinski definition) is 6. The van der Waals surface area contributed by atoms with Crippen LogP contribution in [-0.4, -0.2) is 50.5 Å². The molecule has 0 aromatic carbocycles. The Hall–Kier alpha value is -2.43. The first-order valence-corrected chi connectivity index (χ1v) is 5.76. The molecule has 0 saturated heterocycles. The predicted molar refractivity (Wildman–Crippen MR) is 67.5 cm³/mol. The lowest BCUT2D eigenvalue weighted by molar-refractivity contribution is -0.192. The van der Waals surface area contributed by atoms with Crippen molar-refractivity contribution in [3.05, 3.63) is 12.3 Å². The van der Waals surface area contributed by atoms with Crippen LogP contribution < -0.4 is 11.1 Å². The number of carboxylic acids is 1. The summed E-state index contributed by atoms with van der Waals surface area (Å²) in [6.07, 6.45) is -2.53. The molecular weight excluding hydrogens is 293 g/mol. The highest BCUT2D eigenvalue weighted by Gasteiger charge is 2.38. The number of halogens is 3. The topological polar surface area (TPSA) is 130 Å². The SMILES string of the molecule is NCCCNc1nc2nnccc2[nH]1.O=C(O)C(F)(F)F. The number of aliphatic carboxylic acids is 1. The summed E-state index contributed by atoms with van der Waals surface area (Å²) in [4.78, 5) is 16.2. The zero-order valence-electron chi connectivity index (χ0n) is 10.7.